The molecule has 19 aromatic rings. The molecule has 3 heteroatoms. The number of anilines is 6. The lowest BCUT2D eigenvalue weighted by Gasteiger charge is -2.46. The molecule has 0 atom stereocenters. The van der Waals surface area contributed by atoms with Gasteiger partial charge >= 0.3 is 0 Å². The SMILES string of the molecule is CC(C)(C)c1cc2c3c(c1)N(c1c(-c4ccccc4)cccc1-c1ccccc1)c1ccc(-c4cc5cccc6c7cccc8cccc(c(c4)c56)c87)cc1B3c1cc(-c3cc4cccc5c6cccc7cccc(c(c3)c45)c76)ccc1N2c1c(-c2ccccc2)cccc1-c1ccccc1. The van der Waals surface area contributed by atoms with Crippen molar-refractivity contribution in [3.8, 4) is 66.8 Å². The summed E-state index contributed by atoms with van der Waals surface area (Å²) in [4.78, 5) is 5.39. The summed E-state index contributed by atoms with van der Waals surface area (Å²) < 4.78 is 0. The lowest BCUT2D eigenvalue weighted by Crippen LogP contribution is -2.61. The van der Waals surface area contributed by atoms with E-state index in [1.54, 1.807) is 0 Å². The fraction of sp³-hybridized carbons (Fsp3) is 0.0408. The van der Waals surface area contributed by atoms with E-state index >= 15 is 0 Å². The van der Waals surface area contributed by atoms with E-state index in [-0.39, 0.29) is 12.1 Å². The summed E-state index contributed by atoms with van der Waals surface area (Å²) in [7, 11) is 0. The van der Waals surface area contributed by atoms with Gasteiger partial charge in [0.05, 0.1) is 11.4 Å². The van der Waals surface area contributed by atoms with E-state index in [0.29, 0.717) is 0 Å². The first-order valence-electron chi connectivity index (χ1n) is 35.5. The van der Waals surface area contributed by atoms with Crippen LogP contribution in [0.2, 0.25) is 0 Å². The van der Waals surface area contributed by atoms with Crippen molar-refractivity contribution in [1.29, 1.82) is 0 Å². The molecular weight excluding hydrogens is 1220 g/mol. The van der Waals surface area contributed by atoms with Crippen molar-refractivity contribution >= 4 is 143 Å². The van der Waals surface area contributed by atoms with Crippen molar-refractivity contribution in [2.24, 2.45) is 0 Å². The molecule has 101 heavy (non-hydrogen) atoms. The molecule has 0 spiro atoms. The molecule has 21 rings (SSSR count). The van der Waals surface area contributed by atoms with Gasteiger partial charge in [0.1, 0.15) is 0 Å². The van der Waals surface area contributed by atoms with Crippen LogP contribution in [-0.4, -0.2) is 6.71 Å². The van der Waals surface area contributed by atoms with Crippen molar-refractivity contribution in [1.82, 2.24) is 0 Å². The molecule has 0 N–H and O–H groups in total. The largest absolute Gasteiger partial charge is 0.310 e. The van der Waals surface area contributed by atoms with Crippen LogP contribution in [0.25, 0.3) is 153 Å². The van der Waals surface area contributed by atoms with E-state index in [9.17, 15) is 0 Å². The topological polar surface area (TPSA) is 6.48 Å². The van der Waals surface area contributed by atoms with Crippen molar-refractivity contribution < 1.29 is 0 Å². The highest BCUT2D eigenvalue weighted by Gasteiger charge is 2.46. The summed E-state index contributed by atoms with van der Waals surface area (Å²) in [5.41, 5.74) is 25.6. The first-order valence-corrected chi connectivity index (χ1v) is 35.5. The zero-order valence-corrected chi connectivity index (χ0v) is 56.3. The standard InChI is InChI=1S/C98H65BN2/c1-98(2,3)72-58-89-95-90(59-72)101(97-75(62-28-12-6-13-29-62)40-23-41-76(97)63-30-14-7-15-31-63)88-51-49-67(71-53-69-37-21-45-80-78-43-17-33-65-35-19-47-82(92(65)78)84(55-71)94(69)80)57-86(88)99(95)85-56-66(70-52-68-36-20-44-79-77-42-16-32-64-34-18-46-81(91(64)77)83(54-70)93(68)79)48-50-87(85)100(89)96-73(60-24-8-4-9-25-60)38-22-39-74(96)61-26-10-5-11-27-61/h4-59H,1-3H3. The molecule has 19 aromatic carbocycles. The molecule has 0 fully saturated rings. The number of nitrogens with zero attached hydrogens (tertiary/aromatic N) is 2. The van der Waals surface area contributed by atoms with Crippen LogP contribution >= 0.6 is 0 Å². The Hall–Kier alpha value is -12.6. The molecule has 2 aliphatic rings. The van der Waals surface area contributed by atoms with E-state index in [2.05, 4.69) is 370 Å². The normalized spacial score (nSPS) is 12.8. The van der Waals surface area contributed by atoms with Crippen molar-refractivity contribution in [2.45, 2.75) is 26.2 Å². The third-order valence-corrected chi connectivity index (χ3v) is 22.4. The van der Waals surface area contributed by atoms with Gasteiger partial charge in [-0.05, 0) is 207 Å². The van der Waals surface area contributed by atoms with Gasteiger partial charge in [0, 0.05) is 45.0 Å². The second-order valence-corrected chi connectivity index (χ2v) is 29.0. The Bertz CT molecular complexity index is 6090. The fourth-order valence-corrected chi connectivity index (χ4v) is 17.9. The summed E-state index contributed by atoms with van der Waals surface area (Å²) in [6, 6.07) is 129. The fourth-order valence-electron chi connectivity index (χ4n) is 17.9. The average Bonchev–Trinajstić information content (AvgIpc) is 0.694. The van der Waals surface area contributed by atoms with Crippen LogP contribution in [0.3, 0.4) is 0 Å². The first kappa shape index (κ1) is 57.5. The summed E-state index contributed by atoms with van der Waals surface area (Å²) >= 11 is 0. The van der Waals surface area contributed by atoms with Gasteiger partial charge in [-0.1, -0.05) is 312 Å². The molecule has 0 aromatic heterocycles. The van der Waals surface area contributed by atoms with Gasteiger partial charge in [-0.2, -0.15) is 0 Å². The highest BCUT2D eigenvalue weighted by molar-refractivity contribution is 7.00. The van der Waals surface area contributed by atoms with Gasteiger partial charge < -0.3 is 9.80 Å². The molecule has 0 bridgehead atoms. The Kier molecular flexibility index (Phi) is 12.5. The van der Waals surface area contributed by atoms with E-state index in [1.807, 2.05) is 0 Å². The van der Waals surface area contributed by atoms with Crippen LogP contribution in [0.5, 0.6) is 0 Å². The van der Waals surface area contributed by atoms with Gasteiger partial charge in [0.2, 0.25) is 0 Å². The van der Waals surface area contributed by atoms with E-state index in [0.717, 1.165) is 67.3 Å². The number of hydrogen-bond acceptors (Lipinski definition) is 2. The second-order valence-electron chi connectivity index (χ2n) is 29.0. The minimum atomic E-state index is -0.281. The molecule has 470 valence electrons. The van der Waals surface area contributed by atoms with E-state index in [4.69, 9.17) is 0 Å². The van der Waals surface area contributed by atoms with Crippen LogP contribution in [0, 0.1) is 0 Å². The average molecular weight is 1280 g/mol. The van der Waals surface area contributed by atoms with Crippen LogP contribution in [-0.2, 0) is 5.41 Å². The molecule has 0 amide bonds. The smallest absolute Gasteiger partial charge is 0.252 e. The number of fused-ring (bicyclic) bond motifs is 8. The molecular formula is C98H65BN2. The second kappa shape index (κ2) is 22.0. The lowest BCUT2D eigenvalue weighted by molar-refractivity contribution is 0.590. The predicted molar refractivity (Wildman–Crippen MR) is 434 cm³/mol. The summed E-state index contributed by atoms with van der Waals surface area (Å²) in [6.45, 7) is 6.91. The van der Waals surface area contributed by atoms with Crippen LogP contribution in [0.4, 0.5) is 34.1 Å². The number of benzene rings is 19. The molecule has 2 nitrogen and oxygen atoms in total. The monoisotopic (exact) mass is 1280 g/mol. The Labute approximate surface area is 587 Å². The molecule has 0 saturated heterocycles. The van der Waals surface area contributed by atoms with Crippen LogP contribution in [0.15, 0.2) is 340 Å². The first-order chi connectivity index (χ1) is 49.8. The molecule has 0 saturated carbocycles. The van der Waals surface area contributed by atoms with Crippen molar-refractivity contribution in [3.63, 3.8) is 0 Å². The molecule has 0 radical (unpaired) electrons. The van der Waals surface area contributed by atoms with Crippen LogP contribution < -0.4 is 26.2 Å². The Morgan fingerprint density at radius 3 is 0.871 bits per heavy atom. The Morgan fingerprint density at radius 1 is 0.228 bits per heavy atom. The van der Waals surface area contributed by atoms with Gasteiger partial charge in [0.25, 0.3) is 6.71 Å². The summed E-state index contributed by atoms with van der Waals surface area (Å²) in [5, 5.41) is 20.6. The van der Waals surface area contributed by atoms with E-state index in [1.165, 1.54) is 142 Å². The number of para-hydroxylation sites is 2. The maximum absolute atomic E-state index is 2.70. The zero-order valence-electron chi connectivity index (χ0n) is 56.3. The summed E-state index contributed by atoms with van der Waals surface area (Å²) in [5.74, 6) is 0. The van der Waals surface area contributed by atoms with Crippen molar-refractivity contribution in [3.05, 3.63) is 345 Å². The number of rotatable bonds is 8. The molecule has 0 unspecified atom stereocenters. The Morgan fingerprint density at radius 2 is 0.535 bits per heavy atom. The number of hydrogen-bond donors (Lipinski definition) is 0. The molecule has 2 aliphatic heterocycles. The summed E-state index contributed by atoms with van der Waals surface area (Å²) in [6.07, 6.45) is 0. The predicted octanol–water partition coefficient (Wildman–Crippen LogP) is 25.2. The highest BCUT2D eigenvalue weighted by Crippen LogP contribution is 2.55. The Balaban J connectivity index is 0.914. The minimum absolute atomic E-state index is 0.253. The van der Waals surface area contributed by atoms with Crippen LogP contribution in [0.1, 0.15) is 26.3 Å². The third-order valence-electron chi connectivity index (χ3n) is 22.4. The van der Waals surface area contributed by atoms with Gasteiger partial charge in [-0.25, -0.2) is 0 Å². The maximum atomic E-state index is 2.70. The van der Waals surface area contributed by atoms with Gasteiger partial charge in [-0.15, -0.1) is 0 Å². The minimum Gasteiger partial charge on any atom is -0.310 e. The molecule has 2 heterocycles. The lowest BCUT2D eigenvalue weighted by atomic mass is 9.33. The zero-order chi connectivity index (χ0) is 66.8. The highest BCUT2D eigenvalue weighted by atomic mass is 15.2. The quantitative estimate of drug-likeness (QED) is 0.0850. The van der Waals surface area contributed by atoms with E-state index < -0.39 is 0 Å². The third kappa shape index (κ3) is 8.66. The van der Waals surface area contributed by atoms with Gasteiger partial charge in [0.15, 0.2) is 0 Å². The maximum Gasteiger partial charge on any atom is 0.252 e. The van der Waals surface area contributed by atoms with Gasteiger partial charge in [-0.3, -0.25) is 0 Å². The van der Waals surface area contributed by atoms with Crippen molar-refractivity contribution in [2.75, 3.05) is 9.80 Å². The molecule has 0 aliphatic carbocycles.